The van der Waals surface area contributed by atoms with E-state index in [-0.39, 0.29) is 5.69 Å². The Balaban J connectivity index is 2.24. The van der Waals surface area contributed by atoms with Crippen molar-refractivity contribution < 1.29 is 0 Å². The van der Waals surface area contributed by atoms with Gasteiger partial charge in [-0.05, 0) is 14.0 Å². The largest absolute Gasteiger partial charge is 0.350 e. The lowest BCUT2D eigenvalue weighted by Gasteiger charge is -2.35. The minimum atomic E-state index is -0.0544. The summed E-state index contributed by atoms with van der Waals surface area (Å²) in [6, 6.07) is 0.298. The molecule has 0 N–H and O–H groups in total. The average molecular weight is 194 g/mol. The molecule has 0 saturated carbocycles. The van der Waals surface area contributed by atoms with Gasteiger partial charge in [-0.2, -0.15) is 9.78 Å². The van der Waals surface area contributed by atoms with Crippen LogP contribution in [0.4, 0.5) is 0 Å². The van der Waals surface area contributed by atoms with Crippen LogP contribution < -0.4 is 5.69 Å². The maximum atomic E-state index is 11.7. The van der Waals surface area contributed by atoms with E-state index >= 15 is 0 Å². The van der Waals surface area contributed by atoms with Crippen LogP contribution in [0.15, 0.2) is 17.2 Å². The number of likely N-dealkylation sites (tertiary alicyclic amines) is 1. The Hall–Kier alpha value is -1.36. The molecule has 0 spiro atoms. The first-order valence-electron chi connectivity index (χ1n) is 4.69. The van der Waals surface area contributed by atoms with Crippen LogP contribution in [-0.2, 0) is 0 Å². The van der Waals surface area contributed by atoms with Crippen LogP contribution in [0.3, 0.4) is 0 Å². The third-order valence-electron chi connectivity index (χ3n) is 2.45. The van der Waals surface area contributed by atoms with Crippen LogP contribution in [0.25, 0.3) is 6.20 Å². The molecule has 1 aliphatic rings. The Morgan fingerprint density at radius 3 is 2.86 bits per heavy atom. The van der Waals surface area contributed by atoms with E-state index in [1.54, 1.807) is 23.2 Å². The van der Waals surface area contributed by atoms with Gasteiger partial charge in [-0.1, -0.05) is 6.08 Å². The number of likely N-dealkylation sites (N-methyl/N-ethyl adjacent to an activating group) is 1. The number of allylic oxidation sites excluding steroid dienone is 1. The molecule has 1 aromatic heterocycles. The SMILES string of the molecule is C/C=C/n1ncn(C2CN(C)C2)c1=O. The molecular weight excluding hydrogens is 180 g/mol. The summed E-state index contributed by atoms with van der Waals surface area (Å²) in [6.45, 7) is 3.73. The highest BCUT2D eigenvalue weighted by Gasteiger charge is 2.26. The van der Waals surface area contributed by atoms with Gasteiger partial charge in [0.2, 0.25) is 0 Å². The van der Waals surface area contributed by atoms with Crippen molar-refractivity contribution >= 4 is 6.20 Å². The van der Waals surface area contributed by atoms with Crippen molar-refractivity contribution in [1.29, 1.82) is 0 Å². The van der Waals surface area contributed by atoms with Crippen molar-refractivity contribution in [3.05, 3.63) is 22.9 Å². The number of hydrogen-bond acceptors (Lipinski definition) is 3. The van der Waals surface area contributed by atoms with Crippen molar-refractivity contribution in [1.82, 2.24) is 19.2 Å². The predicted molar refractivity (Wildman–Crippen MR) is 54.0 cm³/mol. The van der Waals surface area contributed by atoms with Gasteiger partial charge in [0.1, 0.15) is 6.33 Å². The topological polar surface area (TPSA) is 43.1 Å². The van der Waals surface area contributed by atoms with Crippen molar-refractivity contribution in [3.63, 3.8) is 0 Å². The standard InChI is InChI=1S/C9H14N4O/c1-3-4-13-9(14)12(7-10-13)8-5-11(2)6-8/h3-4,7-8H,5-6H2,1-2H3/b4-3+. The summed E-state index contributed by atoms with van der Waals surface area (Å²) in [6.07, 6.45) is 5.08. The number of rotatable bonds is 2. The molecule has 5 nitrogen and oxygen atoms in total. The molecule has 0 amide bonds. The Labute approximate surface area is 82.2 Å². The highest BCUT2D eigenvalue weighted by molar-refractivity contribution is 5.16. The fraction of sp³-hybridized carbons (Fsp3) is 0.556. The summed E-state index contributed by atoms with van der Waals surface area (Å²) >= 11 is 0. The molecule has 76 valence electrons. The molecule has 0 atom stereocenters. The zero-order valence-corrected chi connectivity index (χ0v) is 8.42. The zero-order chi connectivity index (χ0) is 10.1. The number of hydrogen-bond donors (Lipinski definition) is 0. The molecule has 1 fully saturated rings. The summed E-state index contributed by atoms with van der Waals surface area (Å²) in [5, 5.41) is 4.00. The third kappa shape index (κ3) is 1.39. The van der Waals surface area contributed by atoms with Crippen LogP contribution >= 0.6 is 0 Å². The smallest absolute Gasteiger partial charge is 0.302 e. The summed E-state index contributed by atoms with van der Waals surface area (Å²) < 4.78 is 3.05. The third-order valence-corrected chi connectivity index (χ3v) is 2.45. The first-order valence-corrected chi connectivity index (χ1v) is 4.69. The van der Waals surface area contributed by atoms with E-state index in [0.29, 0.717) is 6.04 Å². The maximum absolute atomic E-state index is 11.7. The van der Waals surface area contributed by atoms with Crippen LogP contribution in [0.2, 0.25) is 0 Å². The van der Waals surface area contributed by atoms with Crippen molar-refractivity contribution in [2.75, 3.05) is 20.1 Å². The van der Waals surface area contributed by atoms with Gasteiger partial charge in [0.15, 0.2) is 0 Å². The van der Waals surface area contributed by atoms with E-state index in [4.69, 9.17) is 0 Å². The second kappa shape index (κ2) is 3.42. The molecule has 2 rings (SSSR count). The van der Waals surface area contributed by atoms with Gasteiger partial charge in [-0.15, -0.1) is 0 Å². The molecule has 0 aromatic carbocycles. The van der Waals surface area contributed by atoms with Crippen molar-refractivity contribution in [2.24, 2.45) is 0 Å². The average Bonchev–Trinajstić information content (AvgIpc) is 2.44. The van der Waals surface area contributed by atoms with Crippen LogP contribution in [0.5, 0.6) is 0 Å². The van der Waals surface area contributed by atoms with Gasteiger partial charge < -0.3 is 4.90 Å². The minimum absolute atomic E-state index is 0.0544. The first kappa shape index (κ1) is 9.21. The van der Waals surface area contributed by atoms with E-state index in [9.17, 15) is 4.79 Å². The Bertz CT molecular complexity index is 397. The first-order chi connectivity index (χ1) is 6.72. The highest BCUT2D eigenvalue weighted by atomic mass is 16.2. The predicted octanol–water partition coefficient (Wildman–Crippen LogP) is 0.0219. The molecule has 1 saturated heterocycles. The van der Waals surface area contributed by atoms with Crippen LogP contribution in [0, 0.1) is 0 Å². The van der Waals surface area contributed by atoms with Gasteiger partial charge in [0, 0.05) is 19.3 Å². The molecule has 0 radical (unpaired) electrons. The molecule has 2 heterocycles. The van der Waals surface area contributed by atoms with Crippen LogP contribution in [-0.4, -0.2) is 39.4 Å². The zero-order valence-electron chi connectivity index (χ0n) is 8.42. The molecule has 0 bridgehead atoms. The maximum Gasteiger partial charge on any atom is 0.350 e. The lowest BCUT2D eigenvalue weighted by Crippen LogP contribution is -2.47. The fourth-order valence-electron chi connectivity index (χ4n) is 1.66. The molecule has 1 aromatic rings. The fourth-order valence-corrected chi connectivity index (χ4v) is 1.66. The van der Waals surface area contributed by atoms with Gasteiger partial charge >= 0.3 is 5.69 Å². The summed E-state index contributed by atoms with van der Waals surface area (Å²) in [7, 11) is 2.04. The van der Waals surface area contributed by atoms with Gasteiger partial charge in [-0.3, -0.25) is 4.57 Å². The second-order valence-electron chi connectivity index (χ2n) is 3.62. The molecule has 0 aliphatic carbocycles. The molecule has 1 aliphatic heterocycles. The van der Waals surface area contributed by atoms with Gasteiger partial charge in [-0.25, -0.2) is 4.79 Å². The highest BCUT2D eigenvalue weighted by Crippen LogP contribution is 2.16. The van der Waals surface area contributed by atoms with E-state index in [1.807, 2.05) is 14.0 Å². The van der Waals surface area contributed by atoms with E-state index in [0.717, 1.165) is 13.1 Å². The summed E-state index contributed by atoms with van der Waals surface area (Å²) in [5.74, 6) is 0. The Kier molecular flexibility index (Phi) is 2.25. The van der Waals surface area contributed by atoms with E-state index < -0.39 is 0 Å². The van der Waals surface area contributed by atoms with Gasteiger partial charge in [0.25, 0.3) is 0 Å². The lowest BCUT2D eigenvalue weighted by atomic mass is 10.1. The summed E-state index contributed by atoms with van der Waals surface area (Å²) in [5.41, 5.74) is -0.0544. The monoisotopic (exact) mass is 194 g/mol. The minimum Gasteiger partial charge on any atom is -0.302 e. The Morgan fingerprint density at radius 2 is 2.29 bits per heavy atom. The normalized spacial score (nSPS) is 19.0. The Morgan fingerprint density at radius 1 is 1.57 bits per heavy atom. The molecule has 5 heteroatoms. The van der Waals surface area contributed by atoms with Gasteiger partial charge in [0.05, 0.1) is 6.04 Å². The molecule has 14 heavy (non-hydrogen) atoms. The van der Waals surface area contributed by atoms with Crippen molar-refractivity contribution in [3.8, 4) is 0 Å². The number of nitrogens with zero attached hydrogens (tertiary/aromatic N) is 4. The quantitative estimate of drug-likeness (QED) is 0.666. The molecule has 0 unspecified atom stereocenters. The van der Waals surface area contributed by atoms with E-state index in [2.05, 4.69) is 10.00 Å². The number of aromatic nitrogens is 3. The second-order valence-corrected chi connectivity index (χ2v) is 3.62. The molecular formula is C9H14N4O. The van der Waals surface area contributed by atoms with E-state index in [1.165, 1.54) is 4.68 Å². The van der Waals surface area contributed by atoms with Crippen LogP contribution in [0.1, 0.15) is 13.0 Å². The summed E-state index contributed by atoms with van der Waals surface area (Å²) in [4.78, 5) is 13.9. The lowest BCUT2D eigenvalue weighted by molar-refractivity contribution is 0.137. The van der Waals surface area contributed by atoms with Crippen molar-refractivity contribution in [2.45, 2.75) is 13.0 Å².